The Hall–Kier alpha value is -0.980. The summed E-state index contributed by atoms with van der Waals surface area (Å²) in [6, 6.07) is 5.48. The van der Waals surface area contributed by atoms with E-state index in [-0.39, 0.29) is 0 Å². The number of hydrogen-bond acceptors (Lipinski definition) is 2. The van der Waals surface area contributed by atoms with E-state index in [0.29, 0.717) is 5.56 Å². The molecule has 0 spiro atoms. The third-order valence-corrected chi connectivity index (χ3v) is 3.79. The third kappa shape index (κ3) is 3.01. The van der Waals surface area contributed by atoms with Crippen molar-refractivity contribution in [2.75, 3.05) is 14.1 Å². The molecular weight excluding hydrogens is 231 g/mol. The Labute approximate surface area is 95.3 Å². The van der Waals surface area contributed by atoms with Gasteiger partial charge in [0, 0.05) is 25.7 Å². The van der Waals surface area contributed by atoms with E-state index < -0.39 is 22.1 Å². The number of nitrogens with one attached hydrogen (secondary N) is 1. The van der Waals surface area contributed by atoms with Gasteiger partial charge in [-0.3, -0.25) is 0 Å². The van der Waals surface area contributed by atoms with Crippen LogP contribution in [0.2, 0.25) is 0 Å². The van der Waals surface area contributed by atoms with E-state index >= 15 is 0 Å². The fraction of sp³-hybridized carbons (Fsp3) is 0.400. The summed E-state index contributed by atoms with van der Waals surface area (Å²) in [6.07, 6.45) is 0. The molecule has 0 unspecified atom stereocenters. The molecule has 16 heavy (non-hydrogen) atoms. The van der Waals surface area contributed by atoms with Crippen LogP contribution in [0.4, 0.5) is 4.39 Å². The number of benzene rings is 1. The SMILES string of the molecule is C[C@@H](NS(=O)(=O)N(C)C)c1ccccc1F. The molecule has 0 saturated carbocycles. The minimum atomic E-state index is -3.55. The monoisotopic (exact) mass is 246 g/mol. The normalized spacial score (nSPS) is 14.1. The highest BCUT2D eigenvalue weighted by molar-refractivity contribution is 7.87. The lowest BCUT2D eigenvalue weighted by Crippen LogP contribution is -2.37. The summed E-state index contributed by atoms with van der Waals surface area (Å²) >= 11 is 0. The van der Waals surface area contributed by atoms with E-state index in [0.717, 1.165) is 4.31 Å². The standard InChI is InChI=1S/C10H15FN2O2S/c1-8(12-16(14,15)13(2)3)9-6-4-5-7-10(9)11/h4-8,12H,1-3H3/t8-/m1/s1. The van der Waals surface area contributed by atoms with Crippen molar-refractivity contribution in [1.82, 2.24) is 9.03 Å². The van der Waals surface area contributed by atoms with Gasteiger partial charge in [-0.1, -0.05) is 18.2 Å². The van der Waals surface area contributed by atoms with E-state index in [1.165, 1.54) is 20.2 Å². The highest BCUT2D eigenvalue weighted by Crippen LogP contribution is 2.17. The van der Waals surface area contributed by atoms with Gasteiger partial charge in [-0.2, -0.15) is 17.4 Å². The molecule has 1 aromatic rings. The van der Waals surface area contributed by atoms with Crippen molar-refractivity contribution in [3.8, 4) is 0 Å². The van der Waals surface area contributed by atoms with E-state index in [1.54, 1.807) is 25.1 Å². The highest BCUT2D eigenvalue weighted by atomic mass is 32.2. The molecule has 0 aromatic heterocycles. The second kappa shape index (κ2) is 4.90. The van der Waals surface area contributed by atoms with E-state index in [1.807, 2.05) is 0 Å². The lowest BCUT2D eigenvalue weighted by Gasteiger charge is -2.18. The first-order valence-corrected chi connectivity index (χ1v) is 6.23. The van der Waals surface area contributed by atoms with Crippen LogP contribution >= 0.6 is 0 Å². The minimum Gasteiger partial charge on any atom is -0.207 e. The smallest absolute Gasteiger partial charge is 0.207 e. The summed E-state index contributed by atoms with van der Waals surface area (Å²) in [6.45, 7) is 1.60. The quantitative estimate of drug-likeness (QED) is 0.870. The van der Waals surface area contributed by atoms with Gasteiger partial charge in [-0.15, -0.1) is 0 Å². The lowest BCUT2D eigenvalue weighted by molar-refractivity contribution is 0.490. The first kappa shape index (κ1) is 13.1. The van der Waals surface area contributed by atoms with Crippen LogP contribution in [0.3, 0.4) is 0 Å². The fourth-order valence-corrected chi connectivity index (χ4v) is 2.00. The summed E-state index contributed by atoms with van der Waals surface area (Å²) in [5.74, 6) is -0.420. The van der Waals surface area contributed by atoms with Gasteiger partial charge in [0.1, 0.15) is 5.82 Å². The Balaban J connectivity index is 2.89. The summed E-state index contributed by atoms with van der Waals surface area (Å²) in [4.78, 5) is 0. The van der Waals surface area contributed by atoms with Crippen LogP contribution in [0.1, 0.15) is 18.5 Å². The molecule has 0 aliphatic heterocycles. The molecule has 0 aliphatic carbocycles. The first-order chi connectivity index (χ1) is 7.34. The van der Waals surface area contributed by atoms with Crippen LogP contribution in [-0.4, -0.2) is 26.8 Å². The van der Waals surface area contributed by atoms with Crippen LogP contribution in [-0.2, 0) is 10.2 Å². The Morgan fingerprint density at radius 2 is 1.88 bits per heavy atom. The van der Waals surface area contributed by atoms with Crippen molar-refractivity contribution >= 4 is 10.2 Å². The number of rotatable bonds is 4. The van der Waals surface area contributed by atoms with Gasteiger partial charge in [0.05, 0.1) is 0 Å². The van der Waals surface area contributed by atoms with Crippen molar-refractivity contribution < 1.29 is 12.8 Å². The van der Waals surface area contributed by atoms with Crippen LogP contribution in [0.5, 0.6) is 0 Å². The Kier molecular flexibility index (Phi) is 4.01. The number of halogens is 1. The molecular formula is C10H15FN2O2S. The molecule has 0 amide bonds. The predicted molar refractivity (Wildman–Crippen MR) is 60.6 cm³/mol. The fourth-order valence-electron chi connectivity index (χ4n) is 1.22. The molecule has 4 nitrogen and oxygen atoms in total. The minimum absolute atomic E-state index is 0.327. The van der Waals surface area contributed by atoms with Crippen molar-refractivity contribution in [3.63, 3.8) is 0 Å². The van der Waals surface area contributed by atoms with Crippen LogP contribution in [0.15, 0.2) is 24.3 Å². The van der Waals surface area contributed by atoms with E-state index in [4.69, 9.17) is 0 Å². The molecule has 0 heterocycles. The van der Waals surface area contributed by atoms with Gasteiger partial charge in [0.25, 0.3) is 10.2 Å². The Morgan fingerprint density at radius 1 is 1.31 bits per heavy atom. The number of hydrogen-bond donors (Lipinski definition) is 1. The van der Waals surface area contributed by atoms with Crippen molar-refractivity contribution in [1.29, 1.82) is 0 Å². The Morgan fingerprint density at radius 3 is 2.38 bits per heavy atom. The largest absolute Gasteiger partial charge is 0.279 e. The van der Waals surface area contributed by atoms with Gasteiger partial charge in [-0.05, 0) is 13.0 Å². The first-order valence-electron chi connectivity index (χ1n) is 4.79. The van der Waals surface area contributed by atoms with Gasteiger partial charge in [-0.25, -0.2) is 4.39 Å². The molecule has 1 N–H and O–H groups in total. The highest BCUT2D eigenvalue weighted by Gasteiger charge is 2.19. The zero-order chi connectivity index (χ0) is 12.3. The summed E-state index contributed by atoms with van der Waals surface area (Å²) in [5.41, 5.74) is 0.327. The average molecular weight is 246 g/mol. The molecule has 1 rings (SSSR count). The molecule has 1 aromatic carbocycles. The predicted octanol–water partition coefficient (Wildman–Crippen LogP) is 1.28. The second-order valence-electron chi connectivity index (χ2n) is 3.65. The van der Waals surface area contributed by atoms with Gasteiger partial charge >= 0.3 is 0 Å². The van der Waals surface area contributed by atoms with Crippen LogP contribution in [0, 0.1) is 5.82 Å². The molecule has 6 heteroatoms. The van der Waals surface area contributed by atoms with Gasteiger partial charge in [0.2, 0.25) is 0 Å². The molecule has 1 atom stereocenters. The summed E-state index contributed by atoms with van der Waals surface area (Å²) in [7, 11) is -0.719. The third-order valence-electron chi connectivity index (χ3n) is 2.18. The van der Waals surface area contributed by atoms with Crippen molar-refractivity contribution in [2.24, 2.45) is 0 Å². The maximum Gasteiger partial charge on any atom is 0.279 e. The lowest BCUT2D eigenvalue weighted by atomic mass is 10.1. The topological polar surface area (TPSA) is 49.4 Å². The zero-order valence-electron chi connectivity index (χ0n) is 9.44. The molecule has 0 radical (unpaired) electrons. The van der Waals surface area contributed by atoms with Gasteiger partial charge in [0.15, 0.2) is 0 Å². The molecule has 0 bridgehead atoms. The summed E-state index contributed by atoms with van der Waals surface area (Å²) < 4.78 is 39.8. The molecule has 90 valence electrons. The van der Waals surface area contributed by atoms with E-state index in [2.05, 4.69) is 4.72 Å². The number of nitrogens with zero attached hydrogens (tertiary/aromatic N) is 1. The van der Waals surface area contributed by atoms with Gasteiger partial charge < -0.3 is 0 Å². The maximum absolute atomic E-state index is 13.4. The Bertz CT molecular complexity index is 460. The molecule has 0 aliphatic rings. The zero-order valence-corrected chi connectivity index (χ0v) is 10.3. The summed E-state index contributed by atoms with van der Waals surface area (Å²) in [5, 5.41) is 0. The molecule has 0 fully saturated rings. The molecule has 0 saturated heterocycles. The van der Waals surface area contributed by atoms with Crippen LogP contribution < -0.4 is 4.72 Å². The van der Waals surface area contributed by atoms with E-state index in [9.17, 15) is 12.8 Å². The second-order valence-corrected chi connectivity index (χ2v) is 5.56. The average Bonchev–Trinajstić information content (AvgIpc) is 2.17. The van der Waals surface area contributed by atoms with Crippen LogP contribution in [0.25, 0.3) is 0 Å². The maximum atomic E-state index is 13.4. The van der Waals surface area contributed by atoms with Crippen molar-refractivity contribution in [3.05, 3.63) is 35.6 Å². The van der Waals surface area contributed by atoms with Crippen molar-refractivity contribution in [2.45, 2.75) is 13.0 Å².